The standard InChI is InChI=1S/C13H24O2/c1-2-11-4-6-12(7-5-11)13(14)8-3-9-15-10-13/h11-12,14H,2-10H2,1H3. The third-order valence-electron chi connectivity index (χ3n) is 4.43. The Balaban J connectivity index is 1.88. The Morgan fingerprint density at radius 3 is 2.53 bits per heavy atom. The van der Waals surface area contributed by atoms with Crippen molar-refractivity contribution in [1.29, 1.82) is 0 Å². The molecule has 0 amide bonds. The van der Waals surface area contributed by atoms with Crippen LogP contribution in [0.2, 0.25) is 0 Å². The summed E-state index contributed by atoms with van der Waals surface area (Å²) in [4.78, 5) is 0. The van der Waals surface area contributed by atoms with Gasteiger partial charge in [-0.1, -0.05) is 26.2 Å². The fourth-order valence-electron chi connectivity index (χ4n) is 3.23. The lowest BCUT2D eigenvalue weighted by atomic mass is 9.71. The van der Waals surface area contributed by atoms with E-state index in [9.17, 15) is 5.11 Å². The van der Waals surface area contributed by atoms with Gasteiger partial charge in [0.1, 0.15) is 0 Å². The molecular weight excluding hydrogens is 188 g/mol. The maximum Gasteiger partial charge on any atom is 0.0908 e. The van der Waals surface area contributed by atoms with Gasteiger partial charge < -0.3 is 9.84 Å². The van der Waals surface area contributed by atoms with Gasteiger partial charge in [-0.2, -0.15) is 0 Å². The van der Waals surface area contributed by atoms with E-state index < -0.39 is 5.60 Å². The van der Waals surface area contributed by atoms with Crippen LogP contribution in [-0.2, 0) is 4.74 Å². The molecule has 1 aliphatic heterocycles. The number of rotatable bonds is 2. The minimum absolute atomic E-state index is 0.489. The van der Waals surface area contributed by atoms with Crippen molar-refractivity contribution in [3.05, 3.63) is 0 Å². The van der Waals surface area contributed by atoms with Crippen LogP contribution in [0.25, 0.3) is 0 Å². The first kappa shape index (κ1) is 11.4. The Kier molecular flexibility index (Phi) is 3.68. The number of ether oxygens (including phenoxy) is 1. The van der Waals surface area contributed by atoms with Gasteiger partial charge in [-0.05, 0) is 37.5 Å². The van der Waals surface area contributed by atoms with E-state index in [4.69, 9.17) is 4.74 Å². The molecule has 2 fully saturated rings. The quantitative estimate of drug-likeness (QED) is 0.762. The lowest BCUT2D eigenvalue weighted by molar-refractivity contribution is -0.129. The van der Waals surface area contributed by atoms with Crippen molar-refractivity contribution < 1.29 is 9.84 Å². The third-order valence-corrected chi connectivity index (χ3v) is 4.43. The average molecular weight is 212 g/mol. The van der Waals surface area contributed by atoms with Crippen LogP contribution in [0.4, 0.5) is 0 Å². The molecule has 15 heavy (non-hydrogen) atoms. The highest BCUT2D eigenvalue weighted by atomic mass is 16.5. The van der Waals surface area contributed by atoms with Gasteiger partial charge in [-0.25, -0.2) is 0 Å². The summed E-state index contributed by atoms with van der Waals surface area (Å²) in [5, 5.41) is 10.5. The first-order valence-electron chi connectivity index (χ1n) is 6.55. The largest absolute Gasteiger partial charge is 0.387 e. The van der Waals surface area contributed by atoms with Crippen LogP contribution in [0.15, 0.2) is 0 Å². The lowest BCUT2D eigenvalue weighted by Gasteiger charge is -2.42. The molecule has 2 aliphatic rings. The second-order valence-electron chi connectivity index (χ2n) is 5.39. The molecule has 88 valence electrons. The van der Waals surface area contributed by atoms with Crippen molar-refractivity contribution in [1.82, 2.24) is 0 Å². The number of aliphatic hydroxyl groups is 1. The highest BCUT2D eigenvalue weighted by molar-refractivity contribution is 4.91. The third kappa shape index (κ3) is 2.54. The molecule has 1 saturated carbocycles. The molecule has 0 spiro atoms. The first-order valence-corrected chi connectivity index (χ1v) is 6.55. The summed E-state index contributed by atoms with van der Waals surface area (Å²) >= 11 is 0. The molecule has 1 N–H and O–H groups in total. The zero-order valence-electron chi connectivity index (χ0n) is 9.87. The molecule has 2 rings (SSSR count). The topological polar surface area (TPSA) is 29.5 Å². The summed E-state index contributed by atoms with van der Waals surface area (Å²) in [5.74, 6) is 1.41. The molecule has 0 aromatic carbocycles. The van der Waals surface area contributed by atoms with E-state index in [0.717, 1.165) is 25.4 Å². The minimum atomic E-state index is -0.489. The Morgan fingerprint density at radius 2 is 2.00 bits per heavy atom. The number of hydrogen-bond acceptors (Lipinski definition) is 2. The van der Waals surface area contributed by atoms with Crippen LogP contribution in [0.3, 0.4) is 0 Å². The van der Waals surface area contributed by atoms with Crippen LogP contribution in [0.1, 0.15) is 51.9 Å². The molecule has 1 aliphatic carbocycles. The first-order chi connectivity index (χ1) is 7.24. The van der Waals surface area contributed by atoms with E-state index in [0.29, 0.717) is 12.5 Å². The minimum Gasteiger partial charge on any atom is -0.387 e. The molecule has 0 radical (unpaired) electrons. The fourth-order valence-corrected chi connectivity index (χ4v) is 3.23. The summed E-state index contributed by atoms with van der Waals surface area (Å²) in [6, 6.07) is 0. The fraction of sp³-hybridized carbons (Fsp3) is 1.00. The van der Waals surface area contributed by atoms with Crippen molar-refractivity contribution in [3.63, 3.8) is 0 Å². The highest BCUT2D eigenvalue weighted by Gasteiger charge is 2.39. The van der Waals surface area contributed by atoms with Crippen LogP contribution < -0.4 is 0 Å². The van der Waals surface area contributed by atoms with Gasteiger partial charge in [-0.15, -0.1) is 0 Å². The Hall–Kier alpha value is -0.0800. The Labute approximate surface area is 93.0 Å². The summed E-state index contributed by atoms with van der Waals surface area (Å²) in [7, 11) is 0. The van der Waals surface area contributed by atoms with E-state index in [1.165, 1.54) is 32.1 Å². The Morgan fingerprint density at radius 1 is 1.27 bits per heavy atom. The smallest absolute Gasteiger partial charge is 0.0908 e. The van der Waals surface area contributed by atoms with Crippen molar-refractivity contribution in [2.75, 3.05) is 13.2 Å². The van der Waals surface area contributed by atoms with Crippen molar-refractivity contribution >= 4 is 0 Å². The average Bonchev–Trinajstić information content (AvgIpc) is 2.30. The van der Waals surface area contributed by atoms with E-state index >= 15 is 0 Å². The van der Waals surface area contributed by atoms with Gasteiger partial charge in [0.2, 0.25) is 0 Å². The highest BCUT2D eigenvalue weighted by Crippen LogP contribution is 2.40. The van der Waals surface area contributed by atoms with E-state index in [1.54, 1.807) is 0 Å². The predicted molar refractivity (Wildman–Crippen MR) is 60.7 cm³/mol. The van der Waals surface area contributed by atoms with E-state index in [2.05, 4.69) is 6.92 Å². The maximum atomic E-state index is 10.5. The van der Waals surface area contributed by atoms with Crippen LogP contribution >= 0.6 is 0 Å². The van der Waals surface area contributed by atoms with Crippen molar-refractivity contribution in [2.24, 2.45) is 11.8 Å². The zero-order chi connectivity index (χ0) is 10.7. The zero-order valence-corrected chi connectivity index (χ0v) is 9.87. The molecule has 2 heteroatoms. The van der Waals surface area contributed by atoms with Crippen LogP contribution in [-0.4, -0.2) is 23.9 Å². The molecule has 0 bridgehead atoms. The van der Waals surface area contributed by atoms with Gasteiger partial charge in [0.25, 0.3) is 0 Å². The van der Waals surface area contributed by atoms with Gasteiger partial charge in [0.05, 0.1) is 12.2 Å². The maximum absolute atomic E-state index is 10.5. The summed E-state index contributed by atoms with van der Waals surface area (Å²) in [5.41, 5.74) is -0.489. The van der Waals surface area contributed by atoms with Crippen molar-refractivity contribution in [2.45, 2.75) is 57.5 Å². The molecule has 0 aromatic rings. The van der Waals surface area contributed by atoms with Crippen LogP contribution in [0.5, 0.6) is 0 Å². The summed E-state index contributed by atoms with van der Waals surface area (Å²) in [6.07, 6.45) is 8.32. The monoisotopic (exact) mass is 212 g/mol. The Bertz CT molecular complexity index is 189. The molecule has 1 atom stereocenters. The second-order valence-corrected chi connectivity index (χ2v) is 5.39. The normalized spacial score (nSPS) is 42.8. The lowest BCUT2D eigenvalue weighted by Crippen LogP contribution is -2.46. The van der Waals surface area contributed by atoms with Gasteiger partial charge in [0.15, 0.2) is 0 Å². The van der Waals surface area contributed by atoms with Gasteiger partial charge in [-0.3, -0.25) is 0 Å². The van der Waals surface area contributed by atoms with Gasteiger partial charge in [0, 0.05) is 6.61 Å². The van der Waals surface area contributed by atoms with E-state index in [1.807, 2.05) is 0 Å². The summed E-state index contributed by atoms with van der Waals surface area (Å²) in [6.45, 7) is 3.70. The second kappa shape index (κ2) is 4.84. The molecule has 2 nitrogen and oxygen atoms in total. The SMILES string of the molecule is CCC1CCC(C2(O)CCCOC2)CC1. The van der Waals surface area contributed by atoms with Gasteiger partial charge >= 0.3 is 0 Å². The van der Waals surface area contributed by atoms with E-state index in [-0.39, 0.29) is 0 Å². The van der Waals surface area contributed by atoms with Crippen molar-refractivity contribution in [3.8, 4) is 0 Å². The molecule has 0 aromatic heterocycles. The van der Waals surface area contributed by atoms with Crippen LogP contribution in [0, 0.1) is 11.8 Å². The summed E-state index contributed by atoms with van der Waals surface area (Å²) < 4.78 is 5.44. The molecular formula is C13H24O2. The number of hydrogen-bond donors (Lipinski definition) is 1. The molecule has 1 heterocycles. The predicted octanol–water partition coefficient (Wildman–Crippen LogP) is 2.74. The molecule has 1 saturated heterocycles. The molecule has 1 unspecified atom stereocenters.